The van der Waals surface area contributed by atoms with Gasteiger partial charge in [-0.2, -0.15) is 0 Å². The van der Waals surface area contributed by atoms with Crippen molar-refractivity contribution in [2.75, 3.05) is 11.0 Å². The minimum Gasteiger partial charge on any atom is -0.493 e. The van der Waals surface area contributed by atoms with Gasteiger partial charge in [0, 0.05) is 33.5 Å². The number of rotatable bonds is 5. The Morgan fingerprint density at radius 2 is 2.22 bits per heavy atom. The summed E-state index contributed by atoms with van der Waals surface area (Å²) in [5.74, 6) is 1.75. The first-order chi connectivity index (χ1) is 8.61. The van der Waals surface area contributed by atoms with Gasteiger partial charge in [0.05, 0.1) is 6.61 Å². The Morgan fingerprint density at radius 1 is 1.44 bits per heavy atom. The molecule has 2 nitrogen and oxygen atoms in total. The van der Waals surface area contributed by atoms with Crippen molar-refractivity contribution >= 4 is 38.5 Å². The molecule has 1 aromatic rings. The predicted octanol–water partition coefficient (Wildman–Crippen LogP) is 3.93. The summed E-state index contributed by atoms with van der Waals surface area (Å²) in [6, 6.07) is 4.90. The lowest BCUT2D eigenvalue weighted by Gasteiger charge is -2.20. The molecule has 1 N–H and O–H groups in total. The third-order valence-corrected chi connectivity index (χ3v) is 4.76. The van der Waals surface area contributed by atoms with Crippen LogP contribution in [0.15, 0.2) is 16.6 Å². The molecule has 100 valence electrons. The van der Waals surface area contributed by atoms with Crippen LogP contribution in [0.2, 0.25) is 0 Å². The molecular formula is C14H19BrINO. The minimum absolute atomic E-state index is 0.557. The third kappa shape index (κ3) is 3.39. The number of hydrogen-bond acceptors (Lipinski definition) is 2. The van der Waals surface area contributed by atoms with E-state index in [1.54, 1.807) is 0 Å². The molecule has 18 heavy (non-hydrogen) atoms. The van der Waals surface area contributed by atoms with Crippen molar-refractivity contribution in [3.05, 3.63) is 27.7 Å². The van der Waals surface area contributed by atoms with Crippen LogP contribution in [0.3, 0.4) is 0 Å². The molecule has 4 heteroatoms. The van der Waals surface area contributed by atoms with Crippen LogP contribution in [0, 0.1) is 5.92 Å². The first-order valence-corrected chi connectivity index (χ1v) is 8.67. The minimum atomic E-state index is 0.557. The van der Waals surface area contributed by atoms with Crippen LogP contribution in [0.25, 0.3) is 0 Å². The zero-order chi connectivity index (χ0) is 13.1. The molecule has 0 saturated carbocycles. The van der Waals surface area contributed by atoms with Crippen molar-refractivity contribution in [3.63, 3.8) is 0 Å². The highest BCUT2D eigenvalue weighted by Gasteiger charge is 2.18. The zero-order valence-electron chi connectivity index (χ0n) is 10.8. The van der Waals surface area contributed by atoms with Crippen LogP contribution in [0.4, 0.5) is 0 Å². The van der Waals surface area contributed by atoms with E-state index >= 15 is 0 Å². The quantitative estimate of drug-likeness (QED) is 0.572. The molecule has 1 aliphatic rings. The molecule has 1 unspecified atom stereocenters. The number of halogens is 2. The Hall–Kier alpha value is 0.190. The number of fused-ring (bicyclic) bond motifs is 1. The summed E-state index contributed by atoms with van der Waals surface area (Å²) in [6.45, 7) is 6.22. The lowest BCUT2D eigenvalue weighted by molar-refractivity contribution is 0.350. The van der Waals surface area contributed by atoms with Crippen molar-refractivity contribution < 1.29 is 4.74 Å². The average molecular weight is 424 g/mol. The van der Waals surface area contributed by atoms with Gasteiger partial charge >= 0.3 is 0 Å². The molecule has 0 saturated heterocycles. The molecule has 0 bridgehead atoms. The fourth-order valence-electron chi connectivity index (χ4n) is 2.19. The first-order valence-electron chi connectivity index (χ1n) is 6.35. The number of alkyl halides is 1. The van der Waals surface area contributed by atoms with Gasteiger partial charge in [0.1, 0.15) is 5.75 Å². The van der Waals surface area contributed by atoms with Crippen LogP contribution in [0.1, 0.15) is 25.0 Å². The molecule has 0 aliphatic carbocycles. The predicted molar refractivity (Wildman–Crippen MR) is 87.7 cm³/mol. The van der Waals surface area contributed by atoms with Crippen molar-refractivity contribution in [2.45, 2.75) is 32.9 Å². The maximum Gasteiger partial charge on any atom is 0.127 e. The fraction of sp³-hybridized carbons (Fsp3) is 0.571. The summed E-state index contributed by atoms with van der Waals surface area (Å²) in [7, 11) is 0. The molecule has 0 radical (unpaired) electrons. The highest BCUT2D eigenvalue weighted by atomic mass is 127. The molecule has 0 amide bonds. The Labute approximate surface area is 131 Å². The number of nitrogens with one attached hydrogen (secondary N) is 1. The Bertz CT molecular complexity index is 423. The maximum atomic E-state index is 5.75. The smallest absolute Gasteiger partial charge is 0.127 e. The second-order valence-electron chi connectivity index (χ2n) is 5.04. The number of ether oxygens (including phenoxy) is 1. The standard InChI is InChI=1S/C14H19BrINO/c1-9(2)13(7-16)17-8-11-6-12(15)5-10-3-4-18-14(10)11/h5-6,9,13,17H,3-4,7-8H2,1-2H3. The van der Waals surface area contributed by atoms with E-state index in [1.807, 2.05) is 0 Å². The van der Waals surface area contributed by atoms with E-state index in [9.17, 15) is 0 Å². The summed E-state index contributed by atoms with van der Waals surface area (Å²) >= 11 is 6.03. The van der Waals surface area contributed by atoms with Crippen LogP contribution < -0.4 is 10.1 Å². The highest BCUT2D eigenvalue weighted by Crippen LogP contribution is 2.33. The maximum absolute atomic E-state index is 5.75. The van der Waals surface area contributed by atoms with E-state index in [1.165, 1.54) is 11.1 Å². The summed E-state index contributed by atoms with van der Waals surface area (Å²) in [6.07, 6.45) is 1.03. The third-order valence-electron chi connectivity index (χ3n) is 3.35. The Morgan fingerprint density at radius 3 is 2.89 bits per heavy atom. The van der Waals surface area contributed by atoms with Crippen LogP contribution in [-0.4, -0.2) is 17.1 Å². The van der Waals surface area contributed by atoms with Crippen LogP contribution in [-0.2, 0) is 13.0 Å². The van der Waals surface area contributed by atoms with Gasteiger partial charge in [0.25, 0.3) is 0 Å². The number of hydrogen-bond donors (Lipinski definition) is 1. The zero-order valence-corrected chi connectivity index (χ0v) is 14.5. The van der Waals surface area contributed by atoms with Gasteiger partial charge in [-0.15, -0.1) is 0 Å². The lowest BCUT2D eigenvalue weighted by Crippen LogP contribution is -2.34. The highest BCUT2D eigenvalue weighted by molar-refractivity contribution is 14.1. The van der Waals surface area contributed by atoms with Gasteiger partial charge in [-0.3, -0.25) is 0 Å². The van der Waals surface area contributed by atoms with Gasteiger partial charge in [0.15, 0.2) is 0 Å². The van der Waals surface area contributed by atoms with Gasteiger partial charge < -0.3 is 10.1 Å². The molecule has 0 fully saturated rings. The average Bonchev–Trinajstić information content (AvgIpc) is 2.77. The van der Waals surface area contributed by atoms with Crippen molar-refractivity contribution in [2.24, 2.45) is 5.92 Å². The molecule has 2 rings (SSSR count). The summed E-state index contributed by atoms with van der Waals surface area (Å²) in [5.41, 5.74) is 2.60. The normalized spacial score (nSPS) is 15.6. The monoisotopic (exact) mass is 423 g/mol. The molecule has 1 heterocycles. The van der Waals surface area contributed by atoms with Crippen LogP contribution in [0.5, 0.6) is 5.75 Å². The van der Waals surface area contributed by atoms with Gasteiger partial charge in [0.2, 0.25) is 0 Å². The van der Waals surface area contributed by atoms with E-state index in [2.05, 4.69) is 69.8 Å². The van der Waals surface area contributed by atoms with Crippen molar-refractivity contribution in [1.29, 1.82) is 0 Å². The first kappa shape index (κ1) is 14.6. The molecule has 1 aromatic carbocycles. The molecular weight excluding hydrogens is 405 g/mol. The van der Waals surface area contributed by atoms with Crippen molar-refractivity contribution in [1.82, 2.24) is 5.32 Å². The second-order valence-corrected chi connectivity index (χ2v) is 6.83. The van der Waals surface area contributed by atoms with E-state index < -0.39 is 0 Å². The Kier molecular flexibility index (Phi) is 5.33. The van der Waals surface area contributed by atoms with E-state index in [0.29, 0.717) is 12.0 Å². The SMILES string of the molecule is CC(C)C(CI)NCc1cc(Br)cc2c1OCC2. The molecule has 1 atom stereocenters. The Balaban J connectivity index is 2.10. The molecule has 0 aromatic heterocycles. The summed E-state index contributed by atoms with van der Waals surface area (Å²) in [5, 5.41) is 3.63. The van der Waals surface area contributed by atoms with Gasteiger partial charge in [-0.1, -0.05) is 52.4 Å². The fourth-order valence-corrected chi connectivity index (χ4v) is 4.07. The summed E-state index contributed by atoms with van der Waals surface area (Å²) in [4.78, 5) is 0. The topological polar surface area (TPSA) is 21.3 Å². The molecule has 1 aliphatic heterocycles. The van der Waals surface area contributed by atoms with Gasteiger partial charge in [-0.05, 0) is 23.6 Å². The van der Waals surface area contributed by atoms with Gasteiger partial charge in [-0.25, -0.2) is 0 Å². The van der Waals surface area contributed by atoms with E-state index in [-0.39, 0.29) is 0 Å². The van der Waals surface area contributed by atoms with Crippen molar-refractivity contribution in [3.8, 4) is 5.75 Å². The lowest BCUT2D eigenvalue weighted by atomic mass is 10.0. The largest absolute Gasteiger partial charge is 0.493 e. The van der Waals surface area contributed by atoms with E-state index in [4.69, 9.17) is 4.74 Å². The summed E-state index contributed by atoms with van der Waals surface area (Å²) < 4.78 is 8.03. The molecule has 0 spiro atoms. The van der Waals surface area contributed by atoms with Crippen LogP contribution >= 0.6 is 38.5 Å². The second kappa shape index (κ2) is 6.57. The van der Waals surface area contributed by atoms with E-state index in [0.717, 1.165) is 34.2 Å². The number of benzene rings is 1.